The minimum atomic E-state index is -0.0220. The summed E-state index contributed by atoms with van der Waals surface area (Å²) in [7, 11) is 1.66. The predicted molar refractivity (Wildman–Crippen MR) is 87.2 cm³/mol. The summed E-state index contributed by atoms with van der Waals surface area (Å²) < 4.78 is 5.43. The molecule has 22 heavy (non-hydrogen) atoms. The van der Waals surface area contributed by atoms with Gasteiger partial charge in [0, 0.05) is 42.3 Å². The monoisotopic (exact) mass is 301 g/mol. The zero-order valence-electron chi connectivity index (χ0n) is 13.4. The molecule has 1 aromatic heterocycles. The molecular weight excluding hydrogens is 278 g/mol. The van der Waals surface area contributed by atoms with Gasteiger partial charge in [0.15, 0.2) is 0 Å². The number of piperazine rings is 1. The van der Waals surface area contributed by atoms with Gasteiger partial charge in [-0.25, -0.2) is 0 Å². The van der Waals surface area contributed by atoms with E-state index in [1.165, 1.54) is 0 Å². The SMILES string of the molecule is COc1cccc2[nH]cc(CC(=O)N3CCNC(C)(C)C3)c12. The van der Waals surface area contributed by atoms with Crippen LogP contribution in [0.15, 0.2) is 24.4 Å². The van der Waals surface area contributed by atoms with E-state index in [2.05, 4.69) is 24.1 Å². The van der Waals surface area contributed by atoms with Crippen molar-refractivity contribution in [2.24, 2.45) is 0 Å². The molecule has 2 aromatic rings. The van der Waals surface area contributed by atoms with Crippen molar-refractivity contribution in [3.05, 3.63) is 30.0 Å². The molecule has 0 bridgehead atoms. The summed E-state index contributed by atoms with van der Waals surface area (Å²) >= 11 is 0. The number of ether oxygens (including phenoxy) is 1. The van der Waals surface area contributed by atoms with Gasteiger partial charge in [-0.05, 0) is 31.5 Å². The van der Waals surface area contributed by atoms with Gasteiger partial charge in [-0.15, -0.1) is 0 Å². The molecule has 0 atom stereocenters. The predicted octanol–water partition coefficient (Wildman–Crippen LogP) is 1.93. The minimum Gasteiger partial charge on any atom is -0.496 e. The highest BCUT2D eigenvalue weighted by Crippen LogP contribution is 2.29. The summed E-state index contributed by atoms with van der Waals surface area (Å²) in [5.74, 6) is 0.976. The zero-order chi connectivity index (χ0) is 15.7. The Hall–Kier alpha value is -2.01. The lowest BCUT2D eigenvalue weighted by Gasteiger charge is -2.39. The summed E-state index contributed by atoms with van der Waals surface area (Å²) in [6.07, 6.45) is 2.31. The first kappa shape index (κ1) is 14.9. The Morgan fingerprint density at radius 1 is 1.41 bits per heavy atom. The Bertz CT molecular complexity index is 690. The second-order valence-electron chi connectivity index (χ2n) is 6.50. The van der Waals surface area contributed by atoms with Gasteiger partial charge in [0.2, 0.25) is 5.91 Å². The van der Waals surface area contributed by atoms with Crippen LogP contribution in [0.1, 0.15) is 19.4 Å². The molecule has 118 valence electrons. The molecule has 2 heterocycles. The largest absolute Gasteiger partial charge is 0.496 e. The number of aromatic nitrogens is 1. The van der Waals surface area contributed by atoms with Crippen LogP contribution in [-0.2, 0) is 11.2 Å². The molecule has 2 N–H and O–H groups in total. The maximum absolute atomic E-state index is 12.6. The van der Waals surface area contributed by atoms with Crippen LogP contribution >= 0.6 is 0 Å². The number of aromatic amines is 1. The Kier molecular flexibility index (Phi) is 3.83. The molecular formula is C17H23N3O2. The van der Waals surface area contributed by atoms with Crippen LogP contribution < -0.4 is 10.1 Å². The third-order valence-corrected chi connectivity index (χ3v) is 4.23. The molecule has 1 amide bonds. The lowest BCUT2D eigenvalue weighted by Crippen LogP contribution is -2.58. The van der Waals surface area contributed by atoms with Gasteiger partial charge in [0.1, 0.15) is 5.75 Å². The number of rotatable bonds is 3. The zero-order valence-corrected chi connectivity index (χ0v) is 13.4. The molecule has 5 nitrogen and oxygen atoms in total. The van der Waals surface area contributed by atoms with Crippen LogP contribution in [0.5, 0.6) is 5.75 Å². The molecule has 1 fully saturated rings. The fraction of sp³-hybridized carbons (Fsp3) is 0.471. The van der Waals surface area contributed by atoms with Gasteiger partial charge >= 0.3 is 0 Å². The number of amides is 1. The summed E-state index contributed by atoms with van der Waals surface area (Å²) in [4.78, 5) is 17.8. The average Bonchev–Trinajstić information content (AvgIpc) is 2.89. The maximum Gasteiger partial charge on any atom is 0.227 e. The summed E-state index contributed by atoms with van der Waals surface area (Å²) in [5, 5.41) is 4.44. The van der Waals surface area contributed by atoms with E-state index < -0.39 is 0 Å². The van der Waals surface area contributed by atoms with Gasteiger partial charge in [-0.2, -0.15) is 0 Å². The van der Waals surface area contributed by atoms with Crippen molar-refractivity contribution >= 4 is 16.8 Å². The van der Waals surface area contributed by atoms with Crippen LogP contribution in [0.2, 0.25) is 0 Å². The van der Waals surface area contributed by atoms with E-state index in [1.54, 1.807) is 7.11 Å². The van der Waals surface area contributed by atoms with Crippen LogP contribution in [0, 0.1) is 0 Å². The van der Waals surface area contributed by atoms with Gasteiger partial charge in [0.05, 0.1) is 13.5 Å². The molecule has 0 spiro atoms. The van der Waals surface area contributed by atoms with Crippen LogP contribution in [-0.4, -0.2) is 48.1 Å². The van der Waals surface area contributed by atoms with Gasteiger partial charge in [-0.1, -0.05) is 6.07 Å². The highest BCUT2D eigenvalue weighted by atomic mass is 16.5. The second-order valence-corrected chi connectivity index (χ2v) is 6.50. The molecule has 5 heteroatoms. The molecule has 1 saturated heterocycles. The number of nitrogens with one attached hydrogen (secondary N) is 2. The van der Waals surface area contributed by atoms with E-state index in [-0.39, 0.29) is 11.4 Å². The summed E-state index contributed by atoms with van der Waals surface area (Å²) in [5.41, 5.74) is 1.97. The number of carbonyl (C=O) groups excluding carboxylic acids is 1. The summed E-state index contributed by atoms with van der Waals surface area (Å²) in [6.45, 7) is 6.60. The second kappa shape index (κ2) is 5.65. The molecule has 3 rings (SSSR count). The highest BCUT2D eigenvalue weighted by Gasteiger charge is 2.28. The first-order chi connectivity index (χ1) is 10.5. The fourth-order valence-electron chi connectivity index (χ4n) is 3.16. The Balaban J connectivity index is 1.82. The van der Waals surface area contributed by atoms with Crippen molar-refractivity contribution in [1.29, 1.82) is 0 Å². The number of methoxy groups -OCH3 is 1. The number of hydrogen-bond donors (Lipinski definition) is 2. The van der Waals surface area contributed by atoms with Gasteiger partial charge in [0.25, 0.3) is 0 Å². The Morgan fingerprint density at radius 2 is 2.23 bits per heavy atom. The summed E-state index contributed by atoms with van der Waals surface area (Å²) in [6, 6.07) is 5.87. The van der Waals surface area contributed by atoms with Crippen LogP contribution in [0.3, 0.4) is 0 Å². The Morgan fingerprint density at radius 3 is 2.95 bits per heavy atom. The minimum absolute atomic E-state index is 0.0220. The molecule has 1 aliphatic rings. The molecule has 0 saturated carbocycles. The lowest BCUT2D eigenvalue weighted by atomic mass is 10.0. The number of nitrogens with zero attached hydrogens (tertiary/aromatic N) is 1. The lowest BCUT2D eigenvalue weighted by molar-refractivity contribution is -0.132. The molecule has 0 radical (unpaired) electrons. The number of benzene rings is 1. The van der Waals surface area contributed by atoms with E-state index in [0.29, 0.717) is 6.42 Å². The quantitative estimate of drug-likeness (QED) is 0.911. The van der Waals surface area contributed by atoms with E-state index in [9.17, 15) is 4.79 Å². The molecule has 1 aromatic carbocycles. The number of fused-ring (bicyclic) bond motifs is 1. The van der Waals surface area contributed by atoms with Crippen molar-refractivity contribution < 1.29 is 9.53 Å². The maximum atomic E-state index is 12.6. The van der Waals surface area contributed by atoms with Crippen molar-refractivity contribution in [2.75, 3.05) is 26.7 Å². The Labute approximate surface area is 130 Å². The molecule has 0 unspecified atom stereocenters. The van der Waals surface area contributed by atoms with E-state index in [4.69, 9.17) is 4.74 Å². The number of carbonyl (C=O) groups is 1. The van der Waals surface area contributed by atoms with Crippen molar-refractivity contribution in [1.82, 2.24) is 15.2 Å². The van der Waals surface area contributed by atoms with Crippen molar-refractivity contribution in [3.8, 4) is 5.75 Å². The van der Waals surface area contributed by atoms with Gasteiger partial charge < -0.3 is 19.9 Å². The van der Waals surface area contributed by atoms with E-state index >= 15 is 0 Å². The topological polar surface area (TPSA) is 57.4 Å². The molecule has 1 aliphatic heterocycles. The van der Waals surface area contributed by atoms with Crippen LogP contribution in [0.25, 0.3) is 10.9 Å². The van der Waals surface area contributed by atoms with Crippen LogP contribution in [0.4, 0.5) is 0 Å². The van der Waals surface area contributed by atoms with Gasteiger partial charge in [-0.3, -0.25) is 4.79 Å². The number of H-pyrrole nitrogens is 1. The van der Waals surface area contributed by atoms with Crippen molar-refractivity contribution in [3.63, 3.8) is 0 Å². The highest BCUT2D eigenvalue weighted by molar-refractivity contribution is 5.93. The average molecular weight is 301 g/mol. The van der Waals surface area contributed by atoms with Crippen molar-refractivity contribution in [2.45, 2.75) is 25.8 Å². The molecule has 0 aliphatic carbocycles. The normalized spacial score (nSPS) is 17.7. The first-order valence-corrected chi connectivity index (χ1v) is 7.66. The third kappa shape index (κ3) is 2.81. The van der Waals surface area contributed by atoms with E-state index in [0.717, 1.165) is 41.9 Å². The van der Waals surface area contributed by atoms with E-state index in [1.807, 2.05) is 29.3 Å². The smallest absolute Gasteiger partial charge is 0.227 e. The standard InChI is InChI=1S/C17H23N3O2/c1-17(2)11-20(8-7-19-17)15(21)9-12-10-18-13-5-4-6-14(22-3)16(12)13/h4-6,10,18-19H,7-9,11H2,1-3H3. The first-order valence-electron chi connectivity index (χ1n) is 7.66. The fourth-order valence-corrected chi connectivity index (χ4v) is 3.16. The number of hydrogen-bond acceptors (Lipinski definition) is 3. The third-order valence-electron chi connectivity index (χ3n) is 4.23.